The van der Waals surface area contributed by atoms with Gasteiger partial charge in [0.2, 0.25) is 11.9 Å². The Bertz CT molecular complexity index is 978. The predicted molar refractivity (Wildman–Crippen MR) is 121 cm³/mol. The van der Waals surface area contributed by atoms with E-state index >= 15 is 0 Å². The van der Waals surface area contributed by atoms with E-state index in [1.54, 1.807) is 48.5 Å². The Kier molecular flexibility index (Phi) is 6.18. The molecule has 0 atom stereocenters. The summed E-state index contributed by atoms with van der Waals surface area (Å²) in [6, 6.07) is 21.3. The molecule has 3 aromatic carbocycles. The van der Waals surface area contributed by atoms with Gasteiger partial charge in [0.15, 0.2) is 0 Å². The molecule has 0 spiro atoms. The molecule has 30 heavy (non-hydrogen) atoms. The quantitative estimate of drug-likeness (QED) is 0.321. The number of nitrogens with zero attached hydrogens (tertiary/aromatic N) is 3. The molecule has 0 saturated heterocycles. The lowest BCUT2D eigenvalue weighted by Crippen LogP contribution is -2.05. The van der Waals surface area contributed by atoms with Crippen LogP contribution in [0.1, 0.15) is 0 Å². The number of anilines is 4. The molecule has 6 nitrogen and oxygen atoms in total. The molecule has 0 fully saturated rings. The molecule has 0 aliphatic rings. The Morgan fingerprint density at radius 3 is 1.37 bits per heavy atom. The fourth-order valence-corrected chi connectivity index (χ4v) is 2.82. The van der Waals surface area contributed by atoms with Crippen LogP contribution >= 0.6 is 34.8 Å². The average Bonchev–Trinajstić information content (AvgIpc) is 2.73. The maximum absolute atomic E-state index is 5.95. The lowest BCUT2D eigenvalue weighted by Gasteiger charge is -2.11. The van der Waals surface area contributed by atoms with Crippen molar-refractivity contribution in [2.45, 2.75) is 0 Å². The minimum atomic E-state index is 0.111. The summed E-state index contributed by atoms with van der Waals surface area (Å²) >= 11 is 17.8. The van der Waals surface area contributed by atoms with Crippen molar-refractivity contribution in [1.29, 1.82) is 0 Å². The minimum Gasteiger partial charge on any atom is -0.424 e. The van der Waals surface area contributed by atoms with Gasteiger partial charge in [0.05, 0.1) is 0 Å². The first-order valence-corrected chi connectivity index (χ1v) is 9.91. The first-order chi connectivity index (χ1) is 14.5. The Morgan fingerprint density at radius 2 is 0.933 bits per heavy atom. The lowest BCUT2D eigenvalue weighted by atomic mass is 10.3. The van der Waals surface area contributed by atoms with Crippen LogP contribution in [0.2, 0.25) is 15.1 Å². The SMILES string of the molecule is Clc1ccc(Nc2nc(Nc3ccc(Cl)cc3)nc(Oc3ccc(Cl)cc3)n2)cc1. The van der Waals surface area contributed by atoms with Crippen LogP contribution in [0.5, 0.6) is 11.8 Å². The highest BCUT2D eigenvalue weighted by Crippen LogP contribution is 2.25. The van der Waals surface area contributed by atoms with Crippen LogP contribution in [0, 0.1) is 0 Å². The first kappa shape index (κ1) is 20.2. The van der Waals surface area contributed by atoms with Crippen molar-refractivity contribution < 1.29 is 4.74 Å². The second-order valence-electron chi connectivity index (χ2n) is 6.08. The average molecular weight is 459 g/mol. The van der Waals surface area contributed by atoms with Gasteiger partial charge in [0, 0.05) is 26.4 Å². The van der Waals surface area contributed by atoms with Crippen LogP contribution in [0.3, 0.4) is 0 Å². The van der Waals surface area contributed by atoms with Gasteiger partial charge in [-0.2, -0.15) is 15.0 Å². The minimum absolute atomic E-state index is 0.111. The van der Waals surface area contributed by atoms with Crippen molar-refractivity contribution in [1.82, 2.24) is 15.0 Å². The molecule has 9 heteroatoms. The van der Waals surface area contributed by atoms with E-state index in [1.165, 1.54) is 0 Å². The van der Waals surface area contributed by atoms with Gasteiger partial charge in [0.1, 0.15) is 5.75 Å². The fraction of sp³-hybridized carbons (Fsp3) is 0. The largest absolute Gasteiger partial charge is 0.424 e. The van der Waals surface area contributed by atoms with Crippen molar-refractivity contribution in [3.05, 3.63) is 87.9 Å². The Morgan fingerprint density at radius 1 is 0.533 bits per heavy atom. The van der Waals surface area contributed by atoms with E-state index < -0.39 is 0 Å². The number of ether oxygens (including phenoxy) is 1. The normalized spacial score (nSPS) is 10.5. The molecule has 2 N–H and O–H groups in total. The van der Waals surface area contributed by atoms with Crippen molar-refractivity contribution in [2.24, 2.45) is 0 Å². The highest BCUT2D eigenvalue weighted by atomic mass is 35.5. The Hall–Kier alpha value is -3.06. The van der Waals surface area contributed by atoms with E-state index in [0.717, 1.165) is 11.4 Å². The maximum atomic E-state index is 5.95. The van der Waals surface area contributed by atoms with Crippen molar-refractivity contribution >= 4 is 58.1 Å². The summed E-state index contributed by atoms with van der Waals surface area (Å²) in [5, 5.41) is 8.11. The molecule has 0 saturated carbocycles. The third-order valence-corrected chi connectivity index (χ3v) is 4.59. The number of benzene rings is 3. The topological polar surface area (TPSA) is 72.0 Å². The maximum Gasteiger partial charge on any atom is 0.328 e. The van der Waals surface area contributed by atoms with E-state index in [2.05, 4.69) is 25.6 Å². The van der Waals surface area contributed by atoms with Crippen LogP contribution < -0.4 is 15.4 Å². The second-order valence-corrected chi connectivity index (χ2v) is 7.39. The van der Waals surface area contributed by atoms with Gasteiger partial charge in [-0.3, -0.25) is 0 Å². The van der Waals surface area contributed by atoms with Crippen molar-refractivity contribution in [3.8, 4) is 11.8 Å². The van der Waals surface area contributed by atoms with Crippen LogP contribution in [-0.2, 0) is 0 Å². The molecular formula is C21H14Cl3N5O. The molecule has 4 rings (SSSR count). The van der Waals surface area contributed by atoms with Crippen LogP contribution in [0.4, 0.5) is 23.3 Å². The highest BCUT2D eigenvalue weighted by Gasteiger charge is 2.10. The number of rotatable bonds is 6. The number of nitrogens with one attached hydrogen (secondary N) is 2. The smallest absolute Gasteiger partial charge is 0.328 e. The third-order valence-electron chi connectivity index (χ3n) is 3.84. The van der Waals surface area contributed by atoms with E-state index in [0.29, 0.717) is 32.7 Å². The van der Waals surface area contributed by atoms with Crippen molar-refractivity contribution in [3.63, 3.8) is 0 Å². The molecule has 0 radical (unpaired) electrons. The summed E-state index contributed by atoms with van der Waals surface area (Å²) in [6.07, 6.45) is 0. The molecule has 0 unspecified atom stereocenters. The monoisotopic (exact) mass is 457 g/mol. The van der Waals surface area contributed by atoms with Gasteiger partial charge in [-0.25, -0.2) is 0 Å². The van der Waals surface area contributed by atoms with E-state index in [4.69, 9.17) is 39.5 Å². The number of hydrogen-bond donors (Lipinski definition) is 2. The number of hydrogen-bond acceptors (Lipinski definition) is 6. The van der Waals surface area contributed by atoms with Gasteiger partial charge in [-0.15, -0.1) is 0 Å². The lowest BCUT2D eigenvalue weighted by molar-refractivity contribution is 0.441. The second kappa shape index (κ2) is 9.17. The summed E-state index contributed by atoms with van der Waals surface area (Å²) in [5.74, 6) is 1.14. The molecule has 0 aliphatic heterocycles. The zero-order chi connectivity index (χ0) is 20.9. The molecule has 0 amide bonds. The van der Waals surface area contributed by atoms with Crippen LogP contribution in [-0.4, -0.2) is 15.0 Å². The summed E-state index contributed by atoms with van der Waals surface area (Å²) in [7, 11) is 0. The molecule has 0 bridgehead atoms. The van der Waals surface area contributed by atoms with E-state index in [1.807, 2.05) is 24.3 Å². The summed E-state index contributed by atoms with van der Waals surface area (Å²) in [4.78, 5) is 13.1. The molecule has 150 valence electrons. The van der Waals surface area contributed by atoms with Crippen molar-refractivity contribution in [2.75, 3.05) is 10.6 Å². The molecular weight excluding hydrogens is 445 g/mol. The van der Waals surface area contributed by atoms with Gasteiger partial charge < -0.3 is 15.4 Å². The molecule has 1 aromatic heterocycles. The van der Waals surface area contributed by atoms with Crippen LogP contribution in [0.25, 0.3) is 0 Å². The highest BCUT2D eigenvalue weighted by molar-refractivity contribution is 6.31. The van der Waals surface area contributed by atoms with Gasteiger partial charge in [-0.1, -0.05) is 34.8 Å². The Balaban J connectivity index is 1.64. The Labute approximate surface area is 187 Å². The zero-order valence-corrected chi connectivity index (χ0v) is 17.6. The predicted octanol–water partition coefficient (Wildman–Crippen LogP) is 7.11. The number of halogens is 3. The van der Waals surface area contributed by atoms with Gasteiger partial charge in [0.25, 0.3) is 0 Å². The fourth-order valence-electron chi connectivity index (χ4n) is 2.45. The van der Waals surface area contributed by atoms with Gasteiger partial charge in [-0.05, 0) is 72.8 Å². The summed E-state index contributed by atoms with van der Waals surface area (Å²) in [5.41, 5.74) is 1.53. The van der Waals surface area contributed by atoms with E-state index in [9.17, 15) is 0 Å². The summed E-state index contributed by atoms with van der Waals surface area (Å²) in [6.45, 7) is 0. The standard InChI is InChI=1S/C21H14Cl3N5O/c22-13-1-7-16(8-2-13)25-19-27-20(26-17-9-3-14(23)4-10-17)29-21(28-19)30-18-11-5-15(24)6-12-18/h1-12H,(H2,25,26,27,28,29). The zero-order valence-electron chi connectivity index (χ0n) is 15.3. The molecule has 4 aromatic rings. The molecule has 1 heterocycles. The molecule has 0 aliphatic carbocycles. The third kappa shape index (κ3) is 5.51. The summed E-state index contributed by atoms with van der Waals surface area (Å²) < 4.78 is 5.79. The van der Waals surface area contributed by atoms with Crippen LogP contribution in [0.15, 0.2) is 72.8 Å². The van der Waals surface area contributed by atoms with Gasteiger partial charge >= 0.3 is 6.01 Å². The number of aromatic nitrogens is 3. The first-order valence-electron chi connectivity index (χ1n) is 8.78. The van der Waals surface area contributed by atoms with E-state index in [-0.39, 0.29) is 6.01 Å².